The standard InChI is InChI=1S/C19H18F2N4/c1-24-4-5-25(18-8-16(20)7-17(21)9-18)19-3-2-13(6-14(19)12-24)15-10-22-23-11-15/h2-3,6-11H,4-5,12H2,1H3,(H,22,23). The molecule has 0 radical (unpaired) electrons. The number of hydrogen-bond acceptors (Lipinski definition) is 3. The van der Waals surface area contributed by atoms with Crippen LogP contribution in [0.4, 0.5) is 20.2 Å². The van der Waals surface area contributed by atoms with Gasteiger partial charge in [-0.3, -0.25) is 5.10 Å². The van der Waals surface area contributed by atoms with E-state index in [1.165, 1.54) is 12.1 Å². The fraction of sp³-hybridized carbons (Fsp3) is 0.211. The summed E-state index contributed by atoms with van der Waals surface area (Å²) in [5, 5.41) is 6.82. The van der Waals surface area contributed by atoms with E-state index >= 15 is 0 Å². The lowest BCUT2D eigenvalue weighted by Gasteiger charge is -2.25. The number of nitrogens with one attached hydrogen (secondary N) is 1. The summed E-state index contributed by atoms with van der Waals surface area (Å²) >= 11 is 0. The molecule has 3 aromatic rings. The van der Waals surface area contributed by atoms with E-state index in [9.17, 15) is 8.78 Å². The van der Waals surface area contributed by atoms with Crippen LogP contribution >= 0.6 is 0 Å². The first-order valence-electron chi connectivity index (χ1n) is 8.14. The molecule has 0 unspecified atom stereocenters. The van der Waals surface area contributed by atoms with Gasteiger partial charge in [0.15, 0.2) is 0 Å². The molecule has 0 bridgehead atoms. The van der Waals surface area contributed by atoms with Crippen LogP contribution in [0.15, 0.2) is 48.8 Å². The minimum absolute atomic E-state index is 0.533. The van der Waals surface area contributed by atoms with Gasteiger partial charge in [-0.15, -0.1) is 0 Å². The highest BCUT2D eigenvalue weighted by Crippen LogP contribution is 2.34. The molecule has 2 heterocycles. The van der Waals surface area contributed by atoms with Crippen LogP contribution in [0.3, 0.4) is 0 Å². The van der Waals surface area contributed by atoms with Gasteiger partial charge in [0.25, 0.3) is 0 Å². The molecule has 1 aromatic heterocycles. The van der Waals surface area contributed by atoms with Crippen LogP contribution in [0, 0.1) is 11.6 Å². The Morgan fingerprint density at radius 1 is 1.00 bits per heavy atom. The first-order chi connectivity index (χ1) is 12.1. The Kier molecular flexibility index (Phi) is 3.97. The fourth-order valence-corrected chi connectivity index (χ4v) is 3.29. The minimum Gasteiger partial charge on any atom is -0.340 e. The van der Waals surface area contributed by atoms with E-state index in [4.69, 9.17) is 0 Å². The first kappa shape index (κ1) is 15.8. The van der Waals surface area contributed by atoms with Crippen molar-refractivity contribution < 1.29 is 8.78 Å². The van der Waals surface area contributed by atoms with Crippen molar-refractivity contribution in [1.29, 1.82) is 0 Å². The number of nitrogens with zero attached hydrogens (tertiary/aromatic N) is 3. The van der Waals surface area contributed by atoms with Crippen LogP contribution in [0.5, 0.6) is 0 Å². The molecule has 1 N–H and O–H groups in total. The second-order valence-corrected chi connectivity index (χ2v) is 6.35. The fourth-order valence-electron chi connectivity index (χ4n) is 3.29. The largest absolute Gasteiger partial charge is 0.340 e. The SMILES string of the molecule is CN1CCN(c2cc(F)cc(F)c2)c2ccc(-c3cn[nH]c3)cc2C1. The molecule has 0 spiro atoms. The van der Waals surface area contributed by atoms with Crippen molar-refractivity contribution in [2.75, 3.05) is 25.0 Å². The van der Waals surface area contributed by atoms with E-state index in [2.05, 4.69) is 21.2 Å². The molecular formula is C19H18F2N4. The van der Waals surface area contributed by atoms with Crippen LogP contribution in [-0.4, -0.2) is 35.2 Å². The highest BCUT2D eigenvalue weighted by atomic mass is 19.1. The minimum atomic E-state index is -0.566. The predicted octanol–water partition coefficient (Wildman–Crippen LogP) is 3.94. The molecular weight excluding hydrogens is 322 g/mol. The monoisotopic (exact) mass is 340 g/mol. The third-order valence-corrected chi connectivity index (χ3v) is 4.51. The molecule has 0 aliphatic carbocycles. The van der Waals surface area contributed by atoms with Gasteiger partial charge in [0, 0.05) is 48.8 Å². The van der Waals surface area contributed by atoms with E-state index in [-0.39, 0.29) is 0 Å². The van der Waals surface area contributed by atoms with Gasteiger partial charge in [-0.1, -0.05) is 6.07 Å². The molecule has 4 nitrogen and oxygen atoms in total. The number of fused-ring (bicyclic) bond motifs is 1. The Morgan fingerprint density at radius 2 is 1.80 bits per heavy atom. The third-order valence-electron chi connectivity index (χ3n) is 4.51. The van der Waals surface area contributed by atoms with Crippen LogP contribution in [0.25, 0.3) is 11.1 Å². The zero-order valence-corrected chi connectivity index (χ0v) is 13.8. The van der Waals surface area contributed by atoms with Crippen LogP contribution < -0.4 is 4.90 Å². The lowest BCUT2D eigenvalue weighted by Crippen LogP contribution is -2.26. The smallest absolute Gasteiger partial charge is 0.128 e. The third kappa shape index (κ3) is 3.13. The van der Waals surface area contributed by atoms with E-state index < -0.39 is 11.6 Å². The van der Waals surface area contributed by atoms with Gasteiger partial charge < -0.3 is 9.80 Å². The van der Waals surface area contributed by atoms with Crippen molar-refractivity contribution in [2.24, 2.45) is 0 Å². The molecule has 0 amide bonds. The quantitative estimate of drug-likeness (QED) is 0.767. The Balaban J connectivity index is 1.81. The van der Waals surface area contributed by atoms with E-state index in [0.717, 1.165) is 41.5 Å². The summed E-state index contributed by atoms with van der Waals surface area (Å²) in [7, 11) is 2.05. The van der Waals surface area contributed by atoms with Gasteiger partial charge >= 0.3 is 0 Å². The van der Waals surface area contributed by atoms with Crippen LogP contribution in [-0.2, 0) is 6.54 Å². The lowest BCUT2D eigenvalue weighted by atomic mass is 10.0. The van der Waals surface area contributed by atoms with Crippen molar-refractivity contribution in [3.8, 4) is 11.1 Å². The highest BCUT2D eigenvalue weighted by Gasteiger charge is 2.21. The Morgan fingerprint density at radius 3 is 2.52 bits per heavy atom. The zero-order valence-electron chi connectivity index (χ0n) is 13.8. The molecule has 0 fully saturated rings. The van der Waals surface area contributed by atoms with E-state index in [1.54, 1.807) is 6.20 Å². The number of halogens is 2. The molecule has 4 rings (SSSR count). The van der Waals surface area contributed by atoms with Gasteiger partial charge in [0.2, 0.25) is 0 Å². The first-order valence-corrected chi connectivity index (χ1v) is 8.14. The number of benzene rings is 2. The average Bonchev–Trinajstić information content (AvgIpc) is 3.04. The number of rotatable bonds is 2. The van der Waals surface area contributed by atoms with E-state index in [1.807, 2.05) is 30.3 Å². The van der Waals surface area contributed by atoms with Crippen molar-refractivity contribution in [2.45, 2.75) is 6.54 Å². The summed E-state index contributed by atoms with van der Waals surface area (Å²) in [6.07, 6.45) is 3.63. The van der Waals surface area contributed by atoms with Gasteiger partial charge in [0.1, 0.15) is 11.6 Å². The van der Waals surface area contributed by atoms with Crippen molar-refractivity contribution in [1.82, 2.24) is 15.1 Å². The molecule has 6 heteroatoms. The van der Waals surface area contributed by atoms with Crippen LogP contribution in [0.2, 0.25) is 0 Å². The number of aromatic amines is 1. The molecule has 2 aromatic carbocycles. The number of hydrogen-bond donors (Lipinski definition) is 1. The van der Waals surface area contributed by atoms with Gasteiger partial charge in [-0.25, -0.2) is 8.78 Å². The number of likely N-dealkylation sites (N-methyl/N-ethyl adjacent to an activating group) is 1. The van der Waals surface area contributed by atoms with Gasteiger partial charge in [0.05, 0.1) is 6.20 Å². The molecule has 1 aliphatic heterocycles. The van der Waals surface area contributed by atoms with Crippen LogP contribution in [0.1, 0.15) is 5.56 Å². The second kappa shape index (κ2) is 6.29. The summed E-state index contributed by atoms with van der Waals surface area (Å²) < 4.78 is 27.4. The van der Waals surface area contributed by atoms with Crippen molar-refractivity contribution in [3.05, 3.63) is 66.0 Å². The Bertz CT molecular complexity index is 872. The summed E-state index contributed by atoms with van der Waals surface area (Å²) in [5.74, 6) is -1.13. The maximum atomic E-state index is 13.7. The maximum absolute atomic E-state index is 13.7. The van der Waals surface area contributed by atoms with Crippen molar-refractivity contribution >= 4 is 11.4 Å². The van der Waals surface area contributed by atoms with Crippen molar-refractivity contribution in [3.63, 3.8) is 0 Å². The number of aromatic nitrogens is 2. The predicted molar refractivity (Wildman–Crippen MR) is 93.7 cm³/mol. The summed E-state index contributed by atoms with van der Waals surface area (Å²) in [5.41, 5.74) is 4.70. The van der Waals surface area contributed by atoms with E-state index in [0.29, 0.717) is 12.2 Å². The maximum Gasteiger partial charge on any atom is 0.128 e. The molecule has 0 saturated carbocycles. The normalized spacial score (nSPS) is 15.1. The zero-order chi connectivity index (χ0) is 17.4. The molecule has 25 heavy (non-hydrogen) atoms. The molecule has 1 aliphatic rings. The average molecular weight is 340 g/mol. The summed E-state index contributed by atoms with van der Waals surface area (Å²) in [4.78, 5) is 4.18. The van der Waals surface area contributed by atoms with Gasteiger partial charge in [-0.05, 0) is 42.4 Å². The topological polar surface area (TPSA) is 35.2 Å². The second-order valence-electron chi connectivity index (χ2n) is 6.35. The number of anilines is 2. The van der Waals surface area contributed by atoms with Gasteiger partial charge in [-0.2, -0.15) is 5.10 Å². The number of H-pyrrole nitrogens is 1. The Hall–Kier alpha value is -2.73. The highest BCUT2D eigenvalue weighted by molar-refractivity contribution is 5.73. The molecule has 0 atom stereocenters. The summed E-state index contributed by atoms with van der Waals surface area (Å²) in [6, 6.07) is 9.79. The molecule has 128 valence electrons. The summed E-state index contributed by atoms with van der Waals surface area (Å²) in [6.45, 7) is 2.24. The Labute approximate surface area is 144 Å². The molecule has 0 saturated heterocycles. The lowest BCUT2D eigenvalue weighted by molar-refractivity contribution is 0.343.